The highest BCUT2D eigenvalue weighted by Gasteiger charge is 2.19. The number of carbonyl (C=O) groups is 3. The Bertz CT molecular complexity index is 967. The zero-order valence-electron chi connectivity index (χ0n) is 44.3. The second-order valence-corrected chi connectivity index (χ2v) is 20.3. The molecule has 386 valence electrons. The van der Waals surface area contributed by atoms with E-state index in [1.54, 1.807) is 0 Å². The van der Waals surface area contributed by atoms with Crippen molar-refractivity contribution < 1.29 is 28.6 Å². The van der Waals surface area contributed by atoms with Gasteiger partial charge in [-0.3, -0.25) is 14.4 Å². The van der Waals surface area contributed by atoms with Gasteiger partial charge in [0, 0.05) is 19.3 Å². The highest BCUT2D eigenvalue weighted by molar-refractivity contribution is 5.71. The highest BCUT2D eigenvalue weighted by Crippen LogP contribution is 2.18. The van der Waals surface area contributed by atoms with Gasteiger partial charge in [-0.1, -0.05) is 303 Å². The van der Waals surface area contributed by atoms with Crippen LogP contribution in [0, 0.1) is 0 Å². The Morgan fingerprint density at radius 1 is 0.246 bits per heavy atom. The van der Waals surface area contributed by atoms with E-state index in [1.165, 1.54) is 244 Å². The Morgan fingerprint density at radius 2 is 0.415 bits per heavy atom. The van der Waals surface area contributed by atoms with Crippen LogP contribution < -0.4 is 0 Å². The van der Waals surface area contributed by atoms with E-state index >= 15 is 0 Å². The predicted octanol–water partition coefficient (Wildman–Crippen LogP) is 19.5. The number of rotatable bonds is 55. The molecule has 0 aliphatic carbocycles. The van der Waals surface area contributed by atoms with Crippen LogP contribution in [-0.2, 0) is 28.6 Å². The van der Waals surface area contributed by atoms with Crippen LogP contribution in [0.4, 0.5) is 0 Å². The minimum absolute atomic E-state index is 0.0611. The van der Waals surface area contributed by atoms with Crippen LogP contribution in [0.15, 0.2) is 0 Å². The molecule has 6 nitrogen and oxygen atoms in total. The van der Waals surface area contributed by atoms with E-state index in [1.807, 2.05) is 0 Å². The summed E-state index contributed by atoms with van der Waals surface area (Å²) in [5, 5.41) is 0. The average Bonchev–Trinajstić information content (AvgIpc) is 3.30. The Kier molecular flexibility index (Phi) is 53.7. The molecule has 0 bridgehead atoms. The minimum Gasteiger partial charge on any atom is -0.462 e. The number of hydrogen-bond acceptors (Lipinski definition) is 6. The van der Waals surface area contributed by atoms with E-state index in [0.29, 0.717) is 19.3 Å². The largest absolute Gasteiger partial charge is 0.462 e. The quantitative estimate of drug-likeness (QED) is 0.0344. The molecule has 0 fully saturated rings. The summed E-state index contributed by atoms with van der Waals surface area (Å²) in [5.41, 5.74) is 0. The highest BCUT2D eigenvalue weighted by atomic mass is 16.6. The van der Waals surface area contributed by atoms with E-state index in [2.05, 4.69) is 20.8 Å². The van der Waals surface area contributed by atoms with Gasteiger partial charge in [0.25, 0.3) is 0 Å². The summed E-state index contributed by atoms with van der Waals surface area (Å²) in [6.07, 6.45) is 61.0. The van der Waals surface area contributed by atoms with E-state index < -0.39 is 6.10 Å². The molecule has 6 heteroatoms. The monoisotopic (exact) mass is 919 g/mol. The second-order valence-electron chi connectivity index (χ2n) is 20.3. The van der Waals surface area contributed by atoms with Gasteiger partial charge in [-0.25, -0.2) is 0 Å². The van der Waals surface area contributed by atoms with Crippen LogP contribution in [-0.4, -0.2) is 37.2 Å². The smallest absolute Gasteiger partial charge is 0.306 e. The fourth-order valence-corrected chi connectivity index (χ4v) is 9.15. The first-order chi connectivity index (χ1) is 32.0. The lowest BCUT2D eigenvalue weighted by atomic mass is 10.0. The third kappa shape index (κ3) is 53.2. The molecule has 1 atom stereocenters. The van der Waals surface area contributed by atoms with Crippen LogP contribution in [0.1, 0.15) is 342 Å². The predicted molar refractivity (Wildman–Crippen MR) is 280 cm³/mol. The molecule has 0 amide bonds. The van der Waals surface area contributed by atoms with Crippen LogP contribution >= 0.6 is 0 Å². The van der Waals surface area contributed by atoms with Gasteiger partial charge in [0.2, 0.25) is 0 Å². The molecule has 0 heterocycles. The lowest BCUT2D eigenvalue weighted by Crippen LogP contribution is -2.30. The maximum absolute atomic E-state index is 12.8. The van der Waals surface area contributed by atoms with Crippen molar-refractivity contribution in [3.05, 3.63) is 0 Å². The molecule has 0 aromatic heterocycles. The van der Waals surface area contributed by atoms with Crippen molar-refractivity contribution in [3.8, 4) is 0 Å². The molecule has 0 saturated heterocycles. The van der Waals surface area contributed by atoms with E-state index in [0.717, 1.165) is 57.8 Å². The standard InChI is InChI=1S/C59H114O6/c1-4-7-10-13-16-19-22-25-26-27-28-29-30-31-32-35-37-40-43-46-49-52-58(61)64-55-56(65-59(62)53-50-47-44-41-38-34-24-21-18-15-12-9-6-3)54-63-57(60)51-48-45-42-39-36-33-23-20-17-14-11-8-5-2/h56H,4-55H2,1-3H3. The van der Waals surface area contributed by atoms with E-state index in [-0.39, 0.29) is 31.1 Å². The molecule has 0 radical (unpaired) electrons. The number of unbranched alkanes of at least 4 members (excludes halogenated alkanes) is 44. The summed E-state index contributed by atoms with van der Waals surface area (Å²) < 4.78 is 16.9. The molecule has 0 saturated carbocycles. The Labute approximate surface area is 406 Å². The molecule has 0 spiro atoms. The summed E-state index contributed by atoms with van der Waals surface area (Å²) in [6, 6.07) is 0. The molecule has 0 aromatic carbocycles. The summed E-state index contributed by atoms with van der Waals surface area (Å²) in [7, 11) is 0. The van der Waals surface area contributed by atoms with Crippen molar-refractivity contribution in [2.24, 2.45) is 0 Å². The van der Waals surface area contributed by atoms with E-state index in [9.17, 15) is 14.4 Å². The molecule has 0 aromatic rings. The lowest BCUT2D eigenvalue weighted by molar-refractivity contribution is -0.167. The number of ether oxygens (including phenoxy) is 3. The molecule has 65 heavy (non-hydrogen) atoms. The first-order valence-corrected chi connectivity index (χ1v) is 29.5. The summed E-state index contributed by atoms with van der Waals surface area (Å²) in [5.74, 6) is -0.832. The first-order valence-electron chi connectivity index (χ1n) is 29.5. The van der Waals surface area contributed by atoms with Gasteiger partial charge in [0.1, 0.15) is 13.2 Å². The SMILES string of the molecule is CCCCCCCCCCCCCCCCCCCCCCCC(=O)OCC(COC(=O)CCCCCCCCCCCCCCC)OC(=O)CCCCCCCCCCCCCCC. The zero-order valence-corrected chi connectivity index (χ0v) is 44.3. The van der Waals surface area contributed by atoms with Crippen LogP contribution in [0.3, 0.4) is 0 Å². The molecule has 0 rings (SSSR count). The fraction of sp³-hybridized carbons (Fsp3) is 0.949. The summed E-state index contributed by atoms with van der Waals surface area (Å²) in [4.78, 5) is 38.1. The third-order valence-electron chi connectivity index (χ3n) is 13.6. The van der Waals surface area contributed by atoms with Crippen molar-refractivity contribution in [2.75, 3.05) is 13.2 Å². The second kappa shape index (κ2) is 55.0. The molecule has 0 N–H and O–H groups in total. The van der Waals surface area contributed by atoms with Gasteiger partial charge < -0.3 is 14.2 Å². The van der Waals surface area contributed by atoms with Gasteiger partial charge >= 0.3 is 17.9 Å². The van der Waals surface area contributed by atoms with Gasteiger partial charge in [-0.05, 0) is 19.3 Å². The van der Waals surface area contributed by atoms with Gasteiger partial charge in [0.15, 0.2) is 6.10 Å². The minimum atomic E-state index is -0.760. The number of esters is 3. The van der Waals surface area contributed by atoms with Crippen LogP contribution in [0.25, 0.3) is 0 Å². The van der Waals surface area contributed by atoms with Crippen LogP contribution in [0.2, 0.25) is 0 Å². The molecular weight excluding hydrogens is 805 g/mol. The maximum atomic E-state index is 12.8. The van der Waals surface area contributed by atoms with Crippen molar-refractivity contribution in [3.63, 3.8) is 0 Å². The van der Waals surface area contributed by atoms with Crippen molar-refractivity contribution in [1.29, 1.82) is 0 Å². The summed E-state index contributed by atoms with van der Waals surface area (Å²) in [6.45, 7) is 6.70. The zero-order chi connectivity index (χ0) is 47.2. The number of hydrogen-bond donors (Lipinski definition) is 0. The van der Waals surface area contributed by atoms with Crippen molar-refractivity contribution in [1.82, 2.24) is 0 Å². The van der Waals surface area contributed by atoms with Gasteiger partial charge in [-0.2, -0.15) is 0 Å². The van der Waals surface area contributed by atoms with Crippen LogP contribution in [0.5, 0.6) is 0 Å². The van der Waals surface area contributed by atoms with Gasteiger partial charge in [0.05, 0.1) is 0 Å². The summed E-state index contributed by atoms with van der Waals surface area (Å²) >= 11 is 0. The average molecular weight is 920 g/mol. The normalized spacial score (nSPS) is 11.9. The van der Waals surface area contributed by atoms with Crippen molar-refractivity contribution in [2.45, 2.75) is 348 Å². The number of carbonyl (C=O) groups excluding carboxylic acids is 3. The lowest BCUT2D eigenvalue weighted by Gasteiger charge is -2.18. The Hall–Kier alpha value is -1.59. The Morgan fingerprint density at radius 3 is 0.615 bits per heavy atom. The molecule has 0 aliphatic heterocycles. The molecule has 0 aliphatic rings. The molecular formula is C59H114O6. The van der Waals surface area contributed by atoms with Gasteiger partial charge in [-0.15, -0.1) is 0 Å². The third-order valence-corrected chi connectivity index (χ3v) is 13.6. The topological polar surface area (TPSA) is 78.9 Å². The van der Waals surface area contributed by atoms with E-state index in [4.69, 9.17) is 14.2 Å². The maximum Gasteiger partial charge on any atom is 0.306 e. The Balaban J connectivity index is 4.22. The molecule has 1 unspecified atom stereocenters. The first kappa shape index (κ1) is 63.4. The fourth-order valence-electron chi connectivity index (χ4n) is 9.15. The van der Waals surface area contributed by atoms with Crippen molar-refractivity contribution >= 4 is 17.9 Å².